The lowest BCUT2D eigenvalue weighted by Crippen LogP contribution is -2.25. The molecule has 67 heavy (non-hydrogen) atoms. The van der Waals surface area contributed by atoms with Gasteiger partial charge in [0.2, 0.25) is 0 Å². The Kier molecular flexibility index (Phi) is 7.86. The van der Waals surface area contributed by atoms with E-state index in [1.54, 1.807) is 18.2 Å². The summed E-state index contributed by atoms with van der Waals surface area (Å²) in [5.41, 5.74) is 8.61. The molecule has 0 amide bonds. The number of benzene rings is 8. The lowest BCUT2D eigenvalue weighted by Gasteiger charge is -2.28. The van der Waals surface area contributed by atoms with Gasteiger partial charge in [-0.3, -0.25) is 4.57 Å². The maximum Gasteiger partial charge on any atom is 0.137 e. The number of hydrogen-bond acceptors (Lipinski definition) is 4. The minimum absolute atomic E-state index is 0.0899. The van der Waals surface area contributed by atoms with E-state index in [0.29, 0.717) is 22.9 Å². The summed E-state index contributed by atoms with van der Waals surface area (Å²) >= 11 is 0. The Hall–Kier alpha value is -7.89. The van der Waals surface area contributed by atoms with Gasteiger partial charge in [-0.2, -0.15) is 0 Å². The zero-order chi connectivity index (χ0) is 54.6. The molecule has 0 atom stereocenters. The first-order chi connectivity index (χ1) is 36.6. The Morgan fingerprint density at radius 1 is 0.493 bits per heavy atom. The molecule has 11 rings (SSSR count). The molecule has 0 fully saturated rings. The molecule has 8 aromatic carbocycles. The summed E-state index contributed by atoms with van der Waals surface area (Å²) in [6.07, 6.45) is 1.87. The second-order valence-corrected chi connectivity index (χ2v) is 19.0. The van der Waals surface area contributed by atoms with Crippen molar-refractivity contribution in [3.8, 4) is 50.7 Å². The second kappa shape index (κ2) is 16.5. The SMILES string of the molecule is [2H]c1c([2H])c([2H])c(-c2cccc(-c3c([2H])c([2H])c([2H])c([2H])c3[2H])c2N2CN(c3cccc(Oc4ccc5c6cc(-c7ccccc7)ccc6n(-c6cc(C(C)(C)C)ccn6)c5c4)c3)c3ccc(C(C)(C)C)cc32)c([2H])c1[2H]. The molecule has 3 heterocycles. The fourth-order valence-electron chi connectivity index (χ4n) is 9.13. The number of para-hydroxylation sites is 1. The van der Waals surface area contributed by atoms with Gasteiger partial charge in [-0.1, -0.05) is 169 Å². The number of anilines is 4. The van der Waals surface area contributed by atoms with Gasteiger partial charge in [0, 0.05) is 45.9 Å². The van der Waals surface area contributed by atoms with Crippen molar-refractivity contribution in [2.24, 2.45) is 0 Å². The number of pyridine rings is 1. The van der Waals surface area contributed by atoms with Crippen LogP contribution >= 0.6 is 0 Å². The zero-order valence-electron chi connectivity index (χ0n) is 48.3. The predicted molar refractivity (Wildman–Crippen MR) is 281 cm³/mol. The van der Waals surface area contributed by atoms with Crippen LogP contribution in [0, 0.1) is 0 Å². The third-order valence-corrected chi connectivity index (χ3v) is 12.6. The van der Waals surface area contributed by atoms with Crippen molar-refractivity contribution >= 4 is 44.6 Å². The molecule has 0 unspecified atom stereocenters. The van der Waals surface area contributed by atoms with Crippen molar-refractivity contribution in [1.29, 1.82) is 0 Å². The number of fused-ring (bicyclic) bond motifs is 4. The van der Waals surface area contributed by atoms with Gasteiger partial charge >= 0.3 is 0 Å². The largest absolute Gasteiger partial charge is 0.457 e. The molecule has 1 aliphatic rings. The minimum Gasteiger partial charge on any atom is -0.457 e. The fraction of sp³-hybridized carbons (Fsp3) is 0.145. The van der Waals surface area contributed by atoms with Crippen LogP contribution in [0.1, 0.15) is 66.4 Å². The van der Waals surface area contributed by atoms with Crippen LogP contribution in [0.15, 0.2) is 206 Å². The number of aromatic nitrogens is 2. The molecule has 2 aromatic heterocycles. The van der Waals surface area contributed by atoms with Crippen LogP contribution in [0.5, 0.6) is 11.5 Å². The molecule has 0 aliphatic carbocycles. The summed E-state index contributed by atoms with van der Waals surface area (Å²) in [6.45, 7) is 13.0. The maximum atomic E-state index is 9.17. The van der Waals surface area contributed by atoms with Crippen molar-refractivity contribution in [3.05, 3.63) is 217 Å². The van der Waals surface area contributed by atoms with Crippen LogP contribution in [-0.4, -0.2) is 16.2 Å². The number of nitrogens with zero attached hydrogens (tertiary/aromatic N) is 4. The van der Waals surface area contributed by atoms with Crippen LogP contribution in [0.4, 0.5) is 22.7 Å². The van der Waals surface area contributed by atoms with Crippen molar-refractivity contribution in [3.63, 3.8) is 0 Å². The number of rotatable bonds is 8. The molecular weight excluding hydrogens is 817 g/mol. The first-order valence-electron chi connectivity index (χ1n) is 27.5. The third kappa shape index (κ3) is 7.80. The highest BCUT2D eigenvalue weighted by Crippen LogP contribution is 2.51. The summed E-state index contributed by atoms with van der Waals surface area (Å²) in [7, 11) is 0. The van der Waals surface area contributed by atoms with Gasteiger partial charge in [-0.25, -0.2) is 4.98 Å². The van der Waals surface area contributed by atoms with Crippen LogP contribution in [0.25, 0.3) is 61.0 Å². The third-order valence-electron chi connectivity index (χ3n) is 12.6. The van der Waals surface area contributed by atoms with E-state index in [9.17, 15) is 0 Å². The average molecular weight is 881 g/mol. The van der Waals surface area contributed by atoms with Crippen molar-refractivity contribution in [2.75, 3.05) is 16.5 Å². The van der Waals surface area contributed by atoms with Crippen LogP contribution in [0.3, 0.4) is 0 Å². The lowest BCUT2D eigenvalue weighted by atomic mass is 9.86. The summed E-state index contributed by atoms with van der Waals surface area (Å²) in [4.78, 5) is 8.95. The van der Waals surface area contributed by atoms with E-state index in [-0.39, 0.29) is 39.8 Å². The minimum atomic E-state index is -0.552. The van der Waals surface area contributed by atoms with E-state index in [1.807, 2.05) is 71.8 Å². The molecule has 0 bridgehead atoms. The van der Waals surface area contributed by atoms with E-state index < -0.39 is 60.4 Å². The van der Waals surface area contributed by atoms with E-state index in [2.05, 4.69) is 112 Å². The molecule has 0 saturated carbocycles. The Morgan fingerprint density at radius 2 is 1.16 bits per heavy atom. The van der Waals surface area contributed by atoms with Crippen LogP contribution in [-0.2, 0) is 10.8 Å². The van der Waals surface area contributed by atoms with Gasteiger partial charge in [-0.15, -0.1) is 0 Å². The summed E-state index contributed by atoms with van der Waals surface area (Å²) in [6, 6.07) is 41.0. The normalized spacial score (nSPS) is 14.9. The molecule has 328 valence electrons. The van der Waals surface area contributed by atoms with Crippen molar-refractivity contribution in [1.82, 2.24) is 9.55 Å². The molecule has 0 saturated heterocycles. The summed E-state index contributed by atoms with van der Waals surface area (Å²) in [5.74, 6) is 1.94. The van der Waals surface area contributed by atoms with Crippen LogP contribution in [0.2, 0.25) is 0 Å². The van der Waals surface area contributed by atoms with Crippen molar-refractivity contribution in [2.45, 2.75) is 52.4 Å². The lowest BCUT2D eigenvalue weighted by molar-refractivity contribution is 0.483. The molecule has 0 spiro atoms. The quantitative estimate of drug-likeness (QED) is 0.152. The summed E-state index contributed by atoms with van der Waals surface area (Å²) < 4.78 is 97.3. The van der Waals surface area contributed by atoms with E-state index >= 15 is 0 Å². The Labute approximate surface area is 408 Å². The van der Waals surface area contributed by atoms with Gasteiger partial charge in [0.05, 0.1) is 41.8 Å². The fourth-order valence-corrected chi connectivity index (χ4v) is 9.13. The van der Waals surface area contributed by atoms with Gasteiger partial charge in [0.25, 0.3) is 0 Å². The topological polar surface area (TPSA) is 33.5 Å². The molecule has 5 nitrogen and oxygen atoms in total. The van der Waals surface area contributed by atoms with E-state index in [4.69, 9.17) is 23.4 Å². The molecule has 5 heteroatoms. The predicted octanol–water partition coefficient (Wildman–Crippen LogP) is 16.8. The maximum absolute atomic E-state index is 9.17. The molecule has 10 aromatic rings. The molecular formula is C62H54N4O. The first kappa shape index (κ1) is 31.9. The smallest absolute Gasteiger partial charge is 0.137 e. The summed E-state index contributed by atoms with van der Waals surface area (Å²) in [5, 5.41) is 2.12. The molecule has 0 radical (unpaired) electrons. The molecule has 0 N–H and O–H groups in total. The molecule has 1 aliphatic heterocycles. The standard InChI is InChI=1S/C62H54N4O/c1-61(2,3)46-29-33-56-58(37-46)65(60-51(43-20-12-8-13-21-43)26-17-27-52(60)44-22-14-9-15-23-44)41-64(56)48-24-16-25-49(39-48)67-50-30-31-53-54-36-45(42-18-10-7-11-19-42)28-32-55(54)66(57(53)40-50)59-38-47(34-35-63-59)62(4,5)6/h7-40H,41H2,1-6H3/i8D,9D,12D,13D,14D,15D,20D,21D,22D,23D. The Morgan fingerprint density at radius 3 is 1.87 bits per heavy atom. The highest BCUT2D eigenvalue weighted by Gasteiger charge is 2.33. The van der Waals surface area contributed by atoms with Gasteiger partial charge < -0.3 is 14.5 Å². The van der Waals surface area contributed by atoms with Crippen molar-refractivity contribution < 1.29 is 18.4 Å². The van der Waals surface area contributed by atoms with Gasteiger partial charge in [-0.05, 0) is 105 Å². The van der Waals surface area contributed by atoms with Gasteiger partial charge in [0.15, 0.2) is 0 Å². The Bertz CT molecular complexity index is 3900. The van der Waals surface area contributed by atoms with E-state index in [0.717, 1.165) is 61.3 Å². The highest BCUT2D eigenvalue weighted by molar-refractivity contribution is 6.11. The van der Waals surface area contributed by atoms with Crippen LogP contribution < -0.4 is 14.5 Å². The number of hydrogen-bond donors (Lipinski definition) is 0. The monoisotopic (exact) mass is 880 g/mol. The average Bonchev–Trinajstić information content (AvgIpc) is 4.03. The van der Waals surface area contributed by atoms with Gasteiger partial charge in [0.1, 0.15) is 24.0 Å². The Balaban J connectivity index is 1.06. The first-order valence-corrected chi connectivity index (χ1v) is 22.5. The highest BCUT2D eigenvalue weighted by atomic mass is 16.5. The van der Waals surface area contributed by atoms with E-state index in [1.165, 1.54) is 0 Å². The number of ether oxygens (including phenoxy) is 1. The second-order valence-electron chi connectivity index (χ2n) is 19.0. The zero-order valence-corrected chi connectivity index (χ0v) is 38.3.